The van der Waals surface area contributed by atoms with Crippen molar-refractivity contribution in [2.75, 3.05) is 47.7 Å². The predicted octanol–water partition coefficient (Wildman–Crippen LogP) is 5.74. The molecule has 0 aromatic rings. The Hall–Kier alpha value is -3.94. The highest BCUT2D eigenvalue weighted by atomic mass is 16.6. The third-order valence-corrected chi connectivity index (χ3v) is 15.2. The minimum absolute atomic E-state index is 0.000808. The lowest BCUT2D eigenvalue weighted by atomic mass is 9.78. The SMILES string of the molecule is CO[C@H]1C[C@@H]2CC[C@@H](C)[C@@](O)(O2)C(=O)C(=O)N2CCCC[C@H]2C(=O)O[C@H]([C@H](C)C[C@H]2CC[C@@H](OCC(=O)OCCO)[C@H](OC)C2)CC(=O)[C@H](C)/C=C(\C)[C@@H](O)[C@@H](OC)C(=O)[C@H](C)C[C@H](C)\C=C/C=C/C=C/1C. The predicted molar refractivity (Wildman–Crippen MR) is 267 cm³/mol. The van der Waals surface area contributed by atoms with Crippen molar-refractivity contribution >= 4 is 35.2 Å². The zero-order chi connectivity index (χ0) is 53.3. The van der Waals surface area contributed by atoms with Crippen molar-refractivity contribution in [2.45, 2.75) is 180 Å². The van der Waals surface area contributed by atoms with Gasteiger partial charge in [0.15, 0.2) is 5.78 Å². The molecule has 0 aromatic heterocycles. The quantitative estimate of drug-likeness (QED) is 0.127. The van der Waals surface area contributed by atoms with Gasteiger partial charge in [-0.05, 0) is 107 Å². The molecule has 0 aromatic carbocycles. The van der Waals surface area contributed by atoms with Crippen molar-refractivity contribution in [3.05, 3.63) is 47.6 Å². The van der Waals surface area contributed by atoms with Crippen molar-refractivity contribution in [3.8, 4) is 0 Å². The summed E-state index contributed by atoms with van der Waals surface area (Å²) in [5, 5.41) is 32.5. The Morgan fingerprint density at radius 3 is 2.29 bits per heavy atom. The lowest BCUT2D eigenvalue weighted by molar-refractivity contribution is -0.265. The van der Waals surface area contributed by atoms with Gasteiger partial charge in [0.25, 0.3) is 11.7 Å². The van der Waals surface area contributed by atoms with Crippen LogP contribution < -0.4 is 0 Å². The minimum Gasteiger partial charge on any atom is -0.462 e. The third kappa shape index (κ3) is 16.8. The number of fused-ring (bicyclic) bond motifs is 3. The summed E-state index contributed by atoms with van der Waals surface area (Å²) < 4.78 is 40.5. The number of methoxy groups -OCH3 is 3. The van der Waals surface area contributed by atoms with Gasteiger partial charge in [0.1, 0.15) is 43.4 Å². The van der Waals surface area contributed by atoms with Gasteiger partial charge in [-0.25, -0.2) is 9.59 Å². The summed E-state index contributed by atoms with van der Waals surface area (Å²) in [6.07, 6.45) is 10.8. The topological polar surface area (TPSA) is 231 Å². The second-order valence-electron chi connectivity index (χ2n) is 20.8. The van der Waals surface area contributed by atoms with E-state index in [4.69, 9.17) is 38.3 Å². The smallest absolute Gasteiger partial charge is 0.332 e. The molecule has 0 radical (unpaired) electrons. The van der Waals surface area contributed by atoms with E-state index in [2.05, 4.69) is 0 Å². The van der Waals surface area contributed by atoms with Crippen LogP contribution in [-0.2, 0) is 61.9 Å². The Labute approximate surface area is 427 Å². The highest BCUT2D eigenvalue weighted by Gasteiger charge is 2.53. The van der Waals surface area contributed by atoms with Gasteiger partial charge in [-0.15, -0.1) is 0 Å². The Morgan fingerprint density at radius 2 is 1.61 bits per heavy atom. The summed E-state index contributed by atoms with van der Waals surface area (Å²) in [7, 11) is 4.50. The third-order valence-electron chi connectivity index (χ3n) is 15.2. The molecule has 1 aliphatic carbocycles. The van der Waals surface area contributed by atoms with Crippen LogP contribution in [0.1, 0.15) is 126 Å². The maximum atomic E-state index is 14.5. The van der Waals surface area contributed by atoms with E-state index >= 15 is 0 Å². The summed E-state index contributed by atoms with van der Waals surface area (Å²) in [5.74, 6) is -8.95. The van der Waals surface area contributed by atoms with Gasteiger partial charge in [0.2, 0.25) is 5.79 Å². The highest BCUT2D eigenvalue weighted by Crippen LogP contribution is 2.38. The number of amides is 1. The Kier molecular flexibility index (Phi) is 24.6. The van der Waals surface area contributed by atoms with Crippen molar-refractivity contribution in [3.63, 3.8) is 0 Å². The number of carbonyl (C=O) groups excluding carboxylic acids is 6. The first-order valence-corrected chi connectivity index (χ1v) is 26.1. The molecular formula is C55H85NO16. The molecule has 0 unspecified atom stereocenters. The molecule has 72 heavy (non-hydrogen) atoms. The average molecular weight is 1020 g/mol. The van der Waals surface area contributed by atoms with Crippen LogP contribution in [-0.4, -0.2) is 158 Å². The van der Waals surface area contributed by atoms with Gasteiger partial charge < -0.3 is 53.4 Å². The summed E-state index contributed by atoms with van der Waals surface area (Å²) in [4.78, 5) is 84.5. The molecule has 1 amide bonds. The second kappa shape index (κ2) is 29.2. The van der Waals surface area contributed by atoms with Crippen LogP contribution in [0.15, 0.2) is 47.6 Å². The number of ketones is 3. The first-order chi connectivity index (χ1) is 34.2. The van der Waals surface area contributed by atoms with E-state index in [1.54, 1.807) is 48.0 Å². The largest absolute Gasteiger partial charge is 0.462 e. The van der Waals surface area contributed by atoms with Gasteiger partial charge >= 0.3 is 11.9 Å². The van der Waals surface area contributed by atoms with Crippen LogP contribution in [0.5, 0.6) is 0 Å². The Balaban J connectivity index is 1.67. The van der Waals surface area contributed by atoms with E-state index in [0.29, 0.717) is 69.8 Å². The molecule has 406 valence electrons. The fraction of sp³-hybridized carbons (Fsp3) is 0.745. The molecule has 3 heterocycles. The standard InChI is InChI=1S/C55H85NO16/c1-33-16-12-11-13-17-34(2)45(66-8)30-41-21-19-39(7)55(65,72-41)52(62)53(63)56-23-15-14-18-42(56)54(64)71-46(31-43(58)35(3)27-38(6)50(61)51(68-10)49(60)37(5)26-33)36(4)28-40-20-22-44(47(29-40)67-9)70-32-48(59)69-25-24-57/h11-13,16-17,27,33,35-37,39-42,44-47,50-51,57,61,65H,14-15,18-26,28-32H2,1-10H3/b13-11+,16-12-,34-17+,38-27+/t33-,35-,36-,37-,39-,40-,41+,42+,44-,45+,46+,47-,50-,51+,55-/m1/s1. The van der Waals surface area contributed by atoms with Crippen molar-refractivity contribution in [2.24, 2.45) is 35.5 Å². The number of cyclic esters (lactones) is 1. The zero-order valence-corrected chi connectivity index (χ0v) is 44.5. The number of Topliss-reactive ketones (excluding diaryl/α,β-unsaturated/α-hetero) is 3. The monoisotopic (exact) mass is 1020 g/mol. The first-order valence-electron chi connectivity index (χ1n) is 26.1. The summed E-state index contributed by atoms with van der Waals surface area (Å²) >= 11 is 0. The van der Waals surface area contributed by atoms with E-state index in [-0.39, 0.29) is 68.7 Å². The summed E-state index contributed by atoms with van der Waals surface area (Å²) in [6.45, 7) is 11.9. The van der Waals surface area contributed by atoms with E-state index in [9.17, 15) is 39.0 Å². The number of carbonyl (C=O) groups is 6. The maximum Gasteiger partial charge on any atom is 0.332 e. The molecule has 0 spiro atoms. The molecular weight excluding hydrogens is 931 g/mol. The minimum atomic E-state index is -2.46. The average Bonchev–Trinajstić information content (AvgIpc) is 3.36. The van der Waals surface area contributed by atoms with Crippen LogP contribution in [0.3, 0.4) is 0 Å². The number of ether oxygens (including phenoxy) is 7. The molecule has 2 bridgehead atoms. The normalized spacial score (nSPS) is 37.5. The van der Waals surface area contributed by atoms with Crippen LogP contribution in [0.4, 0.5) is 0 Å². The van der Waals surface area contributed by atoms with E-state index in [0.717, 1.165) is 5.57 Å². The van der Waals surface area contributed by atoms with Crippen LogP contribution >= 0.6 is 0 Å². The van der Waals surface area contributed by atoms with Crippen LogP contribution in [0.2, 0.25) is 0 Å². The molecule has 3 fully saturated rings. The molecule has 4 rings (SSSR count). The number of hydrogen-bond acceptors (Lipinski definition) is 16. The number of piperidine rings is 1. The molecule has 3 N–H and O–H groups in total. The van der Waals surface area contributed by atoms with Gasteiger partial charge in [-0.2, -0.15) is 0 Å². The fourth-order valence-corrected chi connectivity index (χ4v) is 10.7. The molecule has 15 atom stereocenters. The number of nitrogens with zero attached hydrogens (tertiary/aromatic N) is 1. The number of rotatable bonds is 11. The van der Waals surface area contributed by atoms with Crippen LogP contribution in [0.25, 0.3) is 0 Å². The number of hydrogen-bond donors (Lipinski definition) is 3. The number of esters is 2. The second-order valence-corrected chi connectivity index (χ2v) is 20.8. The van der Waals surface area contributed by atoms with Gasteiger partial charge in [-0.3, -0.25) is 19.2 Å². The van der Waals surface area contributed by atoms with Crippen molar-refractivity contribution in [1.82, 2.24) is 4.90 Å². The summed E-state index contributed by atoms with van der Waals surface area (Å²) in [6, 6.07) is -1.18. The molecule has 3 aliphatic heterocycles. The molecule has 4 aliphatic rings. The Morgan fingerprint density at radius 1 is 0.875 bits per heavy atom. The number of aliphatic hydroxyl groups is 3. The summed E-state index contributed by atoms with van der Waals surface area (Å²) in [5.41, 5.74) is 1.23. The molecule has 2 saturated heterocycles. The maximum absolute atomic E-state index is 14.5. The van der Waals surface area contributed by atoms with Gasteiger partial charge in [0.05, 0.1) is 31.0 Å². The molecule has 17 nitrogen and oxygen atoms in total. The van der Waals surface area contributed by atoms with E-state index in [1.165, 1.54) is 12.0 Å². The fourth-order valence-electron chi connectivity index (χ4n) is 10.7. The number of allylic oxidation sites excluding steroid dienone is 6. The lowest BCUT2D eigenvalue weighted by Crippen LogP contribution is -2.61. The Bertz CT molecular complexity index is 1950. The molecule has 1 saturated carbocycles. The molecule has 17 heteroatoms. The lowest BCUT2D eigenvalue weighted by Gasteiger charge is -2.42. The van der Waals surface area contributed by atoms with E-state index < -0.39 is 95.8 Å². The van der Waals surface area contributed by atoms with Gasteiger partial charge in [0, 0.05) is 58.5 Å². The highest BCUT2D eigenvalue weighted by molar-refractivity contribution is 6.39. The van der Waals surface area contributed by atoms with Crippen molar-refractivity contribution < 1.29 is 77.2 Å². The van der Waals surface area contributed by atoms with Gasteiger partial charge in [-0.1, -0.05) is 71.1 Å². The number of aliphatic hydroxyl groups excluding tert-OH is 2. The van der Waals surface area contributed by atoms with Crippen LogP contribution in [0, 0.1) is 35.5 Å². The zero-order valence-electron chi connectivity index (χ0n) is 44.5. The van der Waals surface area contributed by atoms with E-state index in [1.807, 2.05) is 51.2 Å². The van der Waals surface area contributed by atoms with Crippen molar-refractivity contribution in [1.29, 1.82) is 0 Å². The first kappa shape index (κ1) is 60.6.